The molecule has 0 aliphatic rings. The lowest BCUT2D eigenvalue weighted by Crippen LogP contribution is -2.25. The lowest BCUT2D eigenvalue weighted by atomic mass is 10.0. The van der Waals surface area contributed by atoms with Crippen molar-refractivity contribution in [2.45, 2.75) is 17.9 Å². The fraction of sp³-hybridized carbons (Fsp3) is 0.143. The van der Waals surface area contributed by atoms with Gasteiger partial charge in [0.05, 0.1) is 28.7 Å². The topological polar surface area (TPSA) is 95.8 Å². The Morgan fingerprint density at radius 2 is 1.67 bits per heavy atom. The average molecular weight is 496 g/mol. The molecule has 0 unspecified atom stereocenters. The van der Waals surface area contributed by atoms with Crippen molar-refractivity contribution in [1.82, 2.24) is 24.8 Å². The van der Waals surface area contributed by atoms with Crippen LogP contribution < -0.4 is 5.32 Å². The molecule has 5 aromatic rings. The van der Waals surface area contributed by atoms with Crippen LogP contribution in [0.1, 0.15) is 16.8 Å². The molecule has 1 atom stereocenters. The predicted octanol–water partition coefficient (Wildman–Crippen LogP) is 4.72. The summed E-state index contributed by atoms with van der Waals surface area (Å²) in [4.78, 5) is 27.4. The number of benzene rings is 3. The van der Waals surface area contributed by atoms with Gasteiger partial charge < -0.3 is 14.4 Å². The van der Waals surface area contributed by atoms with Crippen LogP contribution in [-0.4, -0.2) is 42.8 Å². The van der Waals surface area contributed by atoms with Crippen molar-refractivity contribution in [3.05, 3.63) is 97.1 Å². The highest BCUT2D eigenvalue weighted by Crippen LogP contribution is 2.31. The normalized spacial score (nSPS) is 11.9. The van der Waals surface area contributed by atoms with E-state index >= 15 is 0 Å². The molecular formula is C28H25N5O2S. The Kier molecular flexibility index (Phi) is 7.06. The van der Waals surface area contributed by atoms with E-state index in [0.29, 0.717) is 23.1 Å². The first kappa shape index (κ1) is 23.7. The van der Waals surface area contributed by atoms with E-state index in [0.717, 1.165) is 40.4 Å². The standard InChI is InChI=1S/C28H25N5O2S/c1-36(35)23-11-8-21(9-12-23)27-26(20-6-3-2-4-7-20)32-25-18-22(10-13-24(25)31-27)28(34)30-14-5-16-33-17-15-29-19-33/h2-4,6-13,15,17-19H,5,14,16H2,1H3,(H,30,34)/t36-/m0/s1. The number of rotatable bonds is 8. The first-order valence-electron chi connectivity index (χ1n) is 11.6. The summed E-state index contributed by atoms with van der Waals surface area (Å²) >= 11 is -1.05. The minimum Gasteiger partial charge on any atom is -0.612 e. The Hall–Kier alpha value is -4.01. The summed E-state index contributed by atoms with van der Waals surface area (Å²) in [6.07, 6.45) is 7.88. The highest BCUT2D eigenvalue weighted by molar-refractivity contribution is 7.90. The molecule has 180 valence electrons. The van der Waals surface area contributed by atoms with E-state index in [9.17, 15) is 9.35 Å². The number of aryl methyl sites for hydroxylation is 1. The molecule has 0 spiro atoms. The van der Waals surface area contributed by atoms with Gasteiger partial charge in [0.15, 0.2) is 4.90 Å². The van der Waals surface area contributed by atoms with Crippen LogP contribution in [0.15, 0.2) is 96.4 Å². The summed E-state index contributed by atoms with van der Waals surface area (Å²) in [7, 11) is 0. The van der Waals surface area contributed by atoms with Gasteiger partial charge in [0.25, 0.3) is 5.91 Å². The third-order valence-electron chi connectivity index (χ3n) is 5.87. The molecule has 0 fully saturated rings. The zero-order valence-electron chi connectivity index (χ0n) is 19.8. The quantitative estimate of drug-likeness (QED) is 0.248. The van der Waals surface area contributed by atoms with E-state index in [-0.39, 0.29) is 5.91 Å². The molecule has 0 aliphatic carbocycles. The fourth-order valence-corrected chi connectivity index (χ4v) is 4.50. The summed E-state index contributed by atoms with van der Waals surface area (Å²) in [5.74, 6) is -0.141. The van der Waals surface area contributed by atoms with Gasteiger partial charge in [0.1, 0.15) is 6.26 Å². The van der Waals surface area contributed by atoms with E-state index in [2.05, 4.69) is 10.3 Å². The lowest BCUT2D eigenvalue weighted by Gasteiger charge is -2.12. The van der Waals surface area contributed by atoms with Gasteiger partial charge in [-0.25, -0.2) is 15.0 Å². The van der Waals surface area contributed by atoms with Crippen LogP contribution in [-0.2, 0) is 17.7 Å². The van der Waals surface area contributed by atoms with Gasteiger partial charge >= 0.3 is 0 Å². The molecule has 0 radical (unpaired) electrons. The monoisotopic (exact) mass is 495 g/mol. The lowest BCUT2D eigenvalue weighted by molar-refractivity contribution is 0.0953. The van der Waals surface area contributed by atoms with E-state index in [1.54, 1.807) is 30.9 Å². The first-order valence-corrected chi connectivity index (χ1v) is 13.2. The first-order chi connectivity index (χ1) is 17.6. The molecule has 0 saturated heterocycles. The molecule has 36 heavy (non-hydrogen) atoms. The molecule has 1 amide bonds. The minimum atomic E-state index is -1.05. The molecule has 1 N–H and O–H groups in total. The second-order valence-corrected chi connectivity index (χ2v) is 9.76. The molecule has 2 aromatic heterocycles. The number of nitrogens with zero attached hydrogens (tertiary/aromatic N) is 4. The average Bonchev–Trinajstić information content (AvgIpc) is 3.44. The second kappa shape index (κ2) is 10.7. The summed E-state index contributed by atoms with van der Waals surface area (Å²) in [6, 6.07) is 22.8. The third kappa shape index (κ3) is 5.30. The third-order valence-corrected chi connectivity index (χ3v) is 6.81. The number of amides is 1. The van der Waals surface area contributed by atoms with Gasteiger partial charge in [0, 0.05) is 42.2 Å². The molecule has 3 aromatic carbocycles. The molecule has 5 rings (SSSR count). The number of aromatic nitrogens is 4. The van der Waals surface area contributed by atoms with Gasteiger partial charge in [-0.3, -0.25) is 4.79 Å². The van der Waals surface area contributed by atoms with Crippen molar-refractivity contribution in [2.24, 2.45) is 0 Å². The summed E-state index contributed by atoms with van der Waals surface area (Å²) in [6.45, 7) is 1.36. The summed E-state index contributed by atoms with van der Waals surface area (Å²) < 4.78 is 13.8. The van der Waals surface area contributed by atoms with Crippen LogP contribution in [0.3, 0.4) is 0 Å². The predicted molar refractivity (Wildman–Crippen MR) is 142 cm³/mol. The van der Waals surface area contributed by atoms with Gasteiger partial charge in [0.2, 0.25) is 0 Å². The zero-order chi connectivity index (χ0) is 24.9. The van der Waals surface area contributed by atoms with Crippen molar-refractivity contribution in [2.75, 3.05) is 12.8 Å². The van der Waals surface area contributed by atoms with E-state index < -0.39 is 11.2 Å². The van der Waals surface area contributed by atoms with Crippen molar-refractivity contribution in [3.8, 4) is 22.5 Å². The van der Waals surface area contributed by atoms with Crippen LogP contribution in [0, 0.1) is 0 Å². The molecule has 0 bridgehead atoms. The largest absolute Gasteiger partial charge is 0.612 e. The second-order valence-electron chi connectivity index (χ2n) is 8.38. The number of hydrogen-bond donors (Lipinski definition) is 1. The number of nitrogens with one attached hydrogen (secondary N) is 1. The van der Waals surface area contributed by atoms with Gasteiger partial charge in [-0.1, -0.05) is 30.3 Å². The van der Waals surface area contributed by atoms with E-state index in [4.69, 9.17) is 9.97 Å². The Balaban J connectivity index is 1.44. The van der Waals surface area contributed by atoms with Crippen LogP contribution in [0.25, 0.3) is 33.5 Å². The van der Waals surface area contributed by atoms with Crippen molar-refractivity contribution >= 4 is 28.1 Å². The maximum Gasteiger partial charge on any atom is 0.251 e. The van der Waals surface area contributed by atoms with E-state index in [1.807, 2.05) is 71.4 Å². The molecular weight excluding hydrogens is 470 g/mol. The SMILES string of the molecule is C[S@+]([O-])c1ccc(-c2nc3ccc(C(=O)NCCCn4ccnc4)cc3nc2-c2ccccc2)cc1. The smallest absolute Gasteiger partial charge is 0.251 e. The Morgan fingerprint density at radius 1 is 0.944 bits per heavy atom. The van der Waals surface area contributed by atoms with Crippen LogP contribution in [0.5, 0.6) is 0 Å². The molecule has 2 heterocycles. The molecule has 0 saturated carbocycles. The Morgan fingerprint density at radius 3 is 2.36 bits per heavy atom. The molecule has 0 aliphatic heterocycles. The zero-order valence-corrected chi connectivity index (χ0v) is 20.6. The Labute approximate surface area is 212 Å². The number of imidazole rings is 1. The van der Waals surface area contributed by atoms with Gasteiger partial charge in [-0.2, -0.15) is 0 Å². The van der Waals surface area contributed by atoms with Crippen LogP contribution >= 0.6 is 0 Å². The maximum absolute atomic E-state index is 12.8. The Bertz CT molecular complexity index is 1470. The highest BCUT2D eigenvalue weighted by atomic mass is 32.2. The maximum atomic E-state index is 12.8. The number of carbonyl (C=O) groups is 1. The number of hydrogen-bond acceptors (Lipinski definition) is 5. The molecule has 8 heteroatoms. The van der Waals surface area contributed by atoms with Crippen molar-refractivity contribution < 1.29 is 9.35 Å². The van der Waals surface area contributed by atoms with E-state index in [1.165, 1.54) is 0 Å². The summed E-state index contributed by atoms with van der Waals surface area (Å²) in [5.41, 5.74) is 5.17. The minimum absolute atomic E-state index is 0.141. The molecule has 7 nitrogen and oxygen atoms in total. The highest BCUT2D eigenvalue weighted by Gasteiger charge is 2.16. The van der Waals surface area contributed by atoms with Crippen LogP contribution in [0.4, 0.5) is 0 Å². The number of carbonyl (C=O) groups excluding carboxylic acids is 1. The van der Waals surface area contributed by atoms with Gasteiger partial charge in [-0.15, -0.1) is 0 Å². The number of fused-ring (bicyclic) bond motifs is 1. The van der Waals surface area contributed by atoms with Crippen molar-refractivity contribution in [3.63, 3.8) is 0 Å². The van der Waals surface area contributed by atoms with Crippen molar-refractivity contribution in [1.29, 1.82) is 0 Å². The van der Waals surface area contributed by atoms with Crippen LogP contribution in [0.2, 0.25) is 0 Å². The summed E-state index contributed by atoms with van der Waals surface area (Å²) in [5, 5.41) is 2.98. The fourth-order valence-electron chi connectivity index (χ4n) is 3.98. The van der Waals surface area contributed by atoms with Gasteiger partial charge in [-0.05, 0) is 60.1 Å².